The molecule has 0 saturated carbocycles. The predicted octanol–water partition coefficient (Wildman–Crippen LogP) is 3.99. The van der Waals surface area contributed by atoms with Crippen LogP contribution in [0, 0.1) is 0 Å². The Morgan fingerprint density at radius 3 is 2.58 bits per heavy atom. The largest absolute Gasteiger partial charge is 0.474 e. The maximum absolute atomic E-state index is 11.8. The minimum absolute atomic E-state index is 0.0200. The molecule has 5 rings (SSSR count). The number of benzene rings is 1. The zero-order chi connectivity index (χ0) is 24.9. The van der Waals surface area contributed by atoms with Gasteiger partial charge in [0.25, 0.3) is 11.1 Å². The summed E-state index contributed by atoms with van der Waals surface area (Å²) in [5, 5.41) is 1.86. The van der Waals surface area contributed by atoms with Crippen LogP contribution in [0.1, 0.15) is 30.9 Å². The molecule has 2 amide bonds. The lowest BCUT2D eigenvalue weighted by molar-refractivity contribution is -0.115. The van der Waals surface area contributed by atoms with E-state index in [0.717, 1.165) is 61.2 Å². The second-order valence-corrected chi connectivity index (χ2v) is 9.29. The number of aromatic nitrogens is 4. The summed E-state index contributed by atoms with van der Waals surface area (Å²) in [6, 6.07) is 8.82. The van der Waals surface area contributed by atoms with Gasteiger partial charge < -0.3 is 14.4 Å². The lowest BCUT2D eigenvalue weighted by atomic mass is 10.1. The molecule has 2 aliphatic heterocycles. The van der Waals surface area contributed by atoms with Crippen molar-refractivity contribution < 1.29 is 19.1 Å². The van der Waals surface area contributed by atoms with Crippen LogP contribution in [0.15, 0.2) is 54.0 Å². The van der Waals surface area contributed by atoms with Gasteiger partial charge in [-0.2, -0.15) is 0 Å². The van der Waals surface area contributed by atoms with Gasteiger partial charge in [0.05, 0.1) is 11.0 Å². The van der Waals surface area contributed by atoms with E-state index in [1.54, 1.807) is 30.3 Å². The van der Waals surface area contributed by atoms with Crippen molar-refractivity contribution in [1.29, 1.82) is 0 Å². The van der Waals surface area contributed by atoms with E-state index in [0.29, 0.717) is 22.4 Å². The van der Waals surface area contributed by atoms with Gasteiger partial charge in [0.15, 0.2) is 0 Å². The first kappa shape index (κ1) is 23.7. The van der Waals surface area contributed by atoms with Crippen molar-refractivity contribution in [2.75, 3.05) is 18.0 Å². The Bertz CT molecular complexity index is 1290. The molecule has 0 bridgehead atoms. The molecule has 3 aromatic rings. The molecule has 0 radical (unpaired) electrons. The minimum atomic E-state index is -0.401. The predicted molar refractivity (Wildman–Crippen MR) is 135 cm³/mol. The summed E-state index contributed by atoms with van der Waals surface area (Å²) in [6.07, 6.45) is 9.39. The molecule has 184 valence electrons. The minimum Gasteiger partial charge on any atom is -0.474 e. The van der Waals surface area contributed by atoms with Gasteiger partial charge in [-0.05, 0) is 47.5 Å². The fraction of sp³-hybridized carbons (Fsp3) is 0.280. The number of hydrogen-bond acceptors (Lipinski definition) is 10. The number of ether oxygens (including phenoxy) is 2. The number of thioether (sulfide) groups is 1. The van der Waals surface area contributed by atoms with E-state index in [9.17, 15) is 9.59 Å². The highest BCUT2D eigenvalue weighted by Gasteiger charge is 2.25. The quantitative estimate of drug-likeness (QED) is 0.473. The van der Waals surface area contributed by atoms with E-state index in [1.165, 1.54) is 6.33 Å². The highest BCUT2D eigenvalue weighted by molar-refractivity contribution is 8.18. The van der Waals surface area contributed by atoms with Gasteiger partial charge in [-0.15, -0.1) is 0 Å². The van der Waals surface area contributed by atoms with Gasteiger partial charge in [-0.25, -0.2) is 19.9 Å². The Kier molecular flexibility index (Phi) is 7.08. The fourth-order valence-electron chi connectivity index (χ4n) is 3.84. The van der Waals surface area contributed by atoms with Gasteiger partial charge in [0.1, 0.15) is 18.2 Å². The summed E-state index contributed by atoms with van der Waals surface area (Å²) in [7, 11) is 0. The standard InChI is InChI=1S/C25H24N6O4S/c1-2-16-13-26-24(27-14-16)31-8-6-18(7-9-31)34-21-12-22(29-15-28-21)35-19-5-3-4-17(10-19)11-20-23(32)30-25(33)36-20/h3-5,10-15,18H,2,6-9H2,1H3,(H,30,32,33). The Morgan fingerprint density at radius 2 is 1.86 bits per heavy atom. The van der Waals surface area contributed by atoms with E-state index in [4.69, 9.17) is 9.47 Å². The van der Waals surface area contributed by atoms with Crippen LogP contribution in [0.5, 0.6) is 17.5 Å². The number of carbonyl (C=O) groups is 2. The molecule has 0 spiro atoms. The van der Waals surface area contributed by atoms with E-state index >= 15 is 0 Å². The number of imide groups is 1. The second kappa shape index (κ2) is 10.7. The summed E-state index contributed by atoms with van der Waals surface area (Å²) >= 11 is 0.871. The summed E-state index contributed by atoms with van der Waals surface area (Å²) < 4.78 is 12.0. The molecule has 0 atom stereocenters. The molecular formula is C25H24N6O4S. The van der Waals surface area contributed by atoms with Crippen LogP contribution in [-0.4, -0.2) is 50.3 Å². The number of nitrogens with zero attached hydrogens (tertiary/aromatic N) is 5. The second-order valence-electron chi connectivity index (χ2n) is 8.27. The molecule has 36 heavy (non-hydrogen) atoms. The first-order valence-electron chi connectivity index (χ1n) is 11.6. The molecule has 1 N–H and O–H groups in total. The van der Waals surface area contributed by atoms with E-state index in [2.05, 4.69) is 37.1 Å². The lowest BCUT2D eigenvalue weighted by Crippen LogP contribution is -2.39. The maximum atomic E-state index is 11.8. The van der Waals surface area contributed by atoms with Gasteiger partial charge in [0.2, 0.25) is 17.7 Å². The number of hydrogen-bond donors (Lipinski definition) is 1. The molecule has 2 aromatic heterocycles. The van der Waals surface area contributed by atoms with E-state index in [-0.39, 0.29) is 11.3 Å². The van der Waals surface area contributed by atoms with Crippen molar-refractivity contribution in [1.82, 2.24) is 25.3 Å². The van der Waals surface area contributed by atoms with Crippen LogP contribution in [0.2, 0.25) is 0 Å². The zero-order valence-corrected chi connectivity index (χ0v) is 20.4. The molecule has 2 saturated heterocycles. The van der Waals surface area contributed by atoms with Crippen molar-refractivity contribution in [3.63, 3.8) is 0 Å². The monoisotopic (exact) mass is 504 g/mol. The number of nitrogens with one attached hydrogen (secondary N) is 1. The lowest BCUT2D eigenvalue weighted by Gasteiger charge is -2.31. The molecule has 10 nitrogen and oxygen atoms in total. The van der Waals surface area contributed by atoms with Crippen molar-refractivity contribution in [2.45, 2.75) is 32.3 Å². The van der Waals surface area contributed by atoms with Crippen molar-refractivity contribution >= 4 is 34.9 Å². The van der Waals surface area contributed by atoms with Gasteiger partial charge in [-0.3, -0.25) is 14.9 Å². The van der Waals surface area contributed by atoms with Crippen molar-refractivity contribution in [3.8, 4) is 17.5 Å². The Labute approximate surface area is 212 Å². The number of anilines is 1. The number of amides is 2. The third-order valence-corrected chi connectivity index (χ3v) is 6.56. The number of rotatable bonds is 7. The third-order valence-electron chi connectivity index (χ3n) is 5.75. The molecule has 2 fully saturated rings. The van der Waals surface area contributed by atoms with Crippen molar-refractivity contribution in [2.24, 2.45) is 0 Å². The average molecular weight is 505 g/mol. The Hall–Kier alpha value is -3.99. The van der Waals surface area contributed by atoms with Crippen LogP contribution >= 0.6 is 11.8 Å². The average Bonchev–Trinajstić information content (AvgIpc) is 3.21. The Balaban J connectivity index is 1.18. The van der Waals surface area contributed by atoms with Crippen LogP contribution in [-0.2, 0) is 11.2 Å². The zero-order valence-electron chi connectivity index (χ0n) is 19.6. The smallest absolute Gasteiger partial charge is 0.290 e. The van der Waals surface area contributed by atoms with E-state index in [1.807, 2.05) is 18.5 Å². The molecule has 1 aromatic carbocycles. The number of piperidine rings is 1. The Morgan fingerprint density at radius 1 is 1.08 bits per heavy atom. The highest BCUT2D eigenvalue weighted by atomic mass is 32.2. The van der Waals surface area contributed by atoms with E-state index < -0.39 is 5.91 Å². The number of carbonyl (C=O) groups excluding carboxylic acids is 2. The molecule has 0 aliphatic carbocycles. The SMILES string of the molecule is CCc1cnc(N2CCC(Oc3cc(Oc4cccc(C=C5SC(=O)NC5=O)c4)ncn3)CC2)nc1. The maximum Gasteiger partial charge on any atom is 0.290 e. The molecule has 11 heteroatoms. The van der Waals surface area contributed by atoms with Gasteiger partial charge >= 0.3 is 0 Å². The first-order valence-corrected chi connectivity index (χ1v) is 12.4. The fourth-order valence-corrected chi connectivity index (χ4v) is 4.52. The van der Waals surface area contributed by atoms with Gasteiger partial charge in [0, 0.05) is 38.3 Å². The summed E-state index contributed by atoms with van der Waals surface area (Å²) in [6.45, 7) is 3.69. The van der Waals surface area contributed by atoms with Crippen LogP contribution < -0.4 is 19.7 Å². The molecule has 4 heterocycles. The molecule has 2 aliphatic rings. The number of aryl methyl sites for hydroxylation is 1. The normalized spacial score (nSPS) is 17.4. The third kappa shape index (κ3) is 5.80. The summed E-state index contributed by atoms with van der Waals surface area (Å²) in [5.41, 5.74) is 1.85. The highest BCUT2D eigenvalue weighted by Crippen LogP contribution is 2.28. The molecular weight excluding hydrogens is 480 g/mol. The summed E-state index contributed by atoms with van der Waals surface area (Å²) in [4.78, 5) is 43.0. The van der Waals surface area contributed by atoms with Gasteiger partial charge in [-0.1, -0.05) is 19.1 Å². The summed E-state index contributed by atoms with van der Waals surface area (Å²) in [5.74, 6) is 1.67. The topological polar surface area (TPSA) is 119 Å². The van der Waals surface area contributed by atoms with Crippen LogP contribution in [0.3, 0.4) is 0 Å². The van der Waals surface area contributed by atoms with Crippen molar-refractivity contribution in [3.05, 3.63) is 65.1 Å². The first-order chi connectivity index (χ1) is 17.6. The van der Waals surface area contributed by atoms with Crippen LogP contribution in [0.4, 0.5) is 10.7 Å². The molecule has 0 unspecified atom stereocenters. The van der Waals surface area contributed by atoms with Crippen LogP contribution in [0.25, 0.3) is 6.08 Å².